The number of hydrogen-bond donors (Lipinski definition) is 0. The van der Waals surface area contributed by atoms with E-state index in [4.69, 9.17) is 11.6 Å². The van der Waals surface area contributed by atoms with Gasteiger partial charge in [0.25, 0.3) is 0 Å². The number of nitrogens with zero attached hydrogens (tertiary/aromatic N) is 1. The summed E-state index contributed by atoms with van der Waals surface area (Å²) in [6.45, 7) is 0.982. The van der Waals surface area contributed by atoms with Gasteiger partial charge in [0.2, 0.25) is 5.91 Å². The van der Waals surface area contributed by atoms with Crippen molar-refractivity contribution in [3.63, 3.8) is 0 Å². The van der Waals surface area contributed by atoms with Crippen LogP contribution in [0.5, 0.6) is 0 Å². The Morgan fingerprint density at radius 1 is 1.44 bits per heavy atom. The topological polar surface area (TPSA) is 20.3 Å². The highest BCUT2D eigenvalue weighted by Gasteiger charge is 2.29. The maximum absolute atomic E-state index is 13.4. The Balaban J connectivity index is 2.06. The molecule has 0 spiro atoms. The lowest BCUT2D eigenvalue weighted by Crippen LogP contribution is -2.25. The van der Waals surface area contributed by atoms with Gasteiger partial charge in [0.15, 0.2) is 0 Å². The molecule has 2 nitrogen and oxygen atoms in total. The Hall–Kier alpha value is -1.09. The van der Waals surface area contributed by atoms with E-state index < -0.39 is 0 Å². The number of hydrogen-bond acceptors (Lipinski definition) is 1. The van der Waals surface area contributed by atoms with Gasteiger partial charge >= 0.3 is 0 Å². The molecule has 0 bridgehead atoms. The Labute approximate surface area is 99.0 Å². The molecule has 16 heavy (non-hydrogen) atoms. The molecule has 1 heterocycles. The predicted octanol–water partition coefficient (Wildman–Crippen LogP) is 2.41. The van der Waals surface area contributed by atoms with Crippen molar-refractivity contribution < 1.29 is 9.18 Å². The number of alkyl halides is 1. The summed E-state index contributed by atoms with van der Waals surface area (Å²) in [6.07, 6.45) is 0.484. The number of amides is 1. The van der Waals surface area contributed by atoms with Crippen molar-refractivity contribution in [2.45, 2.75) is 13.0 Å². The molecule has 1 aliphatic heterocycles. The number of benzene rings is 1. The molecule has 0 radical (unpaired) electrons. The molecule has 1 aliphatic rings. The molecular weight excluding hydrogens is 229 g/mol. The molecule has 1 unspecified atom stereocenters. The molecular formula is C12H13ClFNO. The molecule has 1 amide bonds. The normalized spacial score (nSPS) is 20.5. The van der Waals surface area contributed by atoms with Crippen LogP contribution < -0.4 is 0 Å². The highest BCUT2D eigenvalue weighted by molar-refractivity contribution is 6.18. The van der Waals surface area contributed by atoms with Gasteiger partial charge in [-0.2, -0.15) is 0 Å². The van der Waals surface area contributed by atoms with Crippen molar-refractivity contribution in [3.8, 4) is 0 Å². The summed E-state index contributed by atoms with van der Waals surface area (Å²) >= 11 is 5.72. The first-order valence-corrected chi connectivity index (χ1v) is 5.81. The van der Waals surface area contributed by atoms with Gasteiger partial charge in [0.05, 0.1) is 0 Å². The SMILES string of the molecule is O=C1CC(CCl)CN1Cc1ccccc1F. The van der Waals surface area contributed by atoms with Crippen LogP contribution in [-0.4, -0.2) is 23.2 Å². The Bertz CT molecular complexity index is 396. The second-order valence-corrected chi connectivity index (χ2v) is 4.40. The summed E-state index contributed by atoms with van der Waals surface area (Å²) in [6, 6.07) is 6.54. The minimum atomic E-state index is -0.260. The van der Waals surface area contributed by atoms with Crippen LogP contribution in [0.2, 0.25) is 0 Å². The van der Waals surface area contributed by atoms with Crippen LogP contribution in [0.1, 0.15) is 12.0 Å². The third-order valence-corrected chi connectivity index (χ3v) is 3.27. The second-order valence-electron chi connectivity index (χ2n) is 4.09. The third-order valence-electron chi connectivity index (χ3n) is 2.83. The van der Waals surface area contributed by atoms with Crippen molar-refractivity contribution >= 4 is 17.5 Å². The second kappa shape index (κ2) is 4.83. The van der Waals surface area contributed by atoms with Gasteiger partial charge in [-0.1, -0.05) is 18.2 Å². The summed E-state index contributed by atoms with van der Waals surface area (Å²) in [7, 11) is 0. The minimum absolute atomic E-state index is 0.0638. The van der Waals surface area contributed by atoms with E-state index in [1.165, 1.54) is 6.07 Å². The van der Waals surface area contributed by atoms with Crippen molar-refractivity contribution in [3.05, 3.63) is 35.6 Å². The number of carbonyl (C=O) groups excluding carboxylic acids is 1. The fourth-order valence-electron chi connectivity index (χ4n) is 1.94. The van der Waals surface area contributed by atoms with Gasteiger partial charge in [0, 0.05) is 31.0 Å². The van der Waals surface area contributed by atoms with E-state index in [0.29, 0.717) is 31.0 Å². The van der Waals surface area contributed by atoms with Gasteiger partial charge in [-0.15, -0.1) is 11.6 Å². The van der Waals surface area contributed by atoms with E-state index in [9.17, 15) is 9.18 Å². The lowest BCUT2D eigenvalue weighted by atomic mass is 10.1. The number of likely N-dealkylation sites (tertiary alicyclic amines) is 1. The van der Waals surface area contributed by atoms with Crippen molar-refractivity contribution in [2.24, 2.45) is 5.92 Å². The largest absolute Gasteiger partial charge is 0.338 e. The lowest BCUT2D eigenvalue weighted by Gasteiger charge is -2.16. The molecule has 4 heteroatoms. The van der Waals surface area contributed by atoms with Crippen molar-refractivity contribution in [1.82, 2.24) is 4.90 Å². The molecule has 1 atom stereocenters. The van der Waals surface area contributed by atoms with Crippen LogP contribution in [0, 0.1) is 11.7 Å². The average molecular weight is 242 g/mol. The van der Waals surface area contributed by atoms with E-state index in [0.717, 1.165) is 0 Å². The van der Waals surface area contributed by atoms with E-state index >= 15 is 0 Å². The average Bonchev–Trinajstić information content (AvgIpc) is 2.63. The summed E-state index contributed by atoms with van der Waals surface area (Å²) in [5, 5.41) is 0. The summed E-state index contributed by atoms with van der Waals surface area (Å²) in [5.41, 5.74) is 0.561. The third kappa shape index (κ3) is 2.35. The molecule has 1 aromatic rings. The standard InChI is InChI=1S/C12H13ClFNO/c13-6-9-5-12(16)15(7-9)8-10-3-1-2-4-11(10)14/h1-4,9H,5-8H2. The Morgan fingerprint density at radius 3 is 2.81 bits per heavy atom. The summed E-state index contributed by atoms with van der Waals surface area (Å²) in [4.78, 5) is 13.3. The van der Waals surface area contributed by atoms with Gasteiger partial charge in [-0.05, 0) is 12.0 Å². The monoisotopic (exact) mass is 241 g/mol. The van der Waals surface area contributed by atoms with Crippen LogP contribution in [-0.2, 0) is 11.3 Å². The molecule has 0 aliphatic carbocycles. The zero-order chi connectivity index (χ0) is 11.5. The van der Waals surface area contributed by atoms with Crippen LogP contribution in [0.4, 0.5) is 4.39 Å². The highest BCUT2D eigenvalue weighted by Crippen LogP contribution is 2.21. The van der Waals surface area contributed by atoms with Crippen LogP contribution in [0.15, 0.2) is 24.3 Å². The molecule has 1 saturated heterocycles. The zero-order valence-electron chi connectivity index (χ0n) is 8.83. The predicted molar refractivity (Wildman–Crippen MR) is 60.6 cm³/mol. The summed E-state index contributed by atoms with van der Waals surface area (Å²) < 4.78 is 13.4. The van der Waals surface area contributed by atoms with Gasteiger partial charge < -0.3 is 4.90 Å². The van der Waals surface area contributed by atoms with E-state index in [2.05, 4.69) is 0 Å². The molecule has 0 N–H and O–H groups in total. The first-order valence-electron chi connectivity index (χ1n) is 5.28. The van der Waals surface area contributed by atoms with Crippen molar-refractivity contribution in [1.29, 1.82) is 0 Å². The molecule has 2 rings (SSSR count). The van der Waals surface area contributed by atoms with Gasteiger partial charge in [0.1, 0.15) is 5.82 Å². The molecule has 1 fully saturated rings. The minimum Gasteiger partial charge on any atom is -0.338 e. The number of carbonyl (C=O) groups is 1. The molecule has 1 aromatic carbocycles. The zero-order valence-corrected chi connectivity index (χ0v) is 9.58. The van der Waals surface area contributed by atoms with Crippen LogP contribution in [0.3, 0.4) is 0 Å². The fraction of sp³-hybridized carbons (Fsp3) is 0.417. The first kappa shape index (κ1) is 11.4. The highest BCUT2D eigenvalue weighted by atomic mass is 35.5. The summed E-state index contributed by atoms with van der Waals surface area (Å²) in [5.74, 6) is 0.499. The number of halogens is 2. The first-order chi connectivity index (χ1) is 7.70. The smallest absolute Gasteiger partial charge is 0.223 e. The quantitative estimate of drug-likeness (QED) is 0.745. The van der Waals surface area contributed by atoms with Gasteiger partial charge in [-0.25, -0.2) is 4.39 Å². The Kier molecular flexibility index (Phi) is 3.44. The molecule has 86 valence electrons. The maximum atomic E-state index is 13.4. The van der Waals surface area contributed by atoms with E-state index in [1.807, 2.05) is 0 Å². The van der Waals surface area contributed by atoms with Crippen molar-refractivity contribution in [2.75, 3.05) is 12.4 Å². The molecule has 0 saturated carbocycles. The van der Waals surface area contributed by atoms with Gasteiger partial charge in [-0.3, -0.25) is 4.79 Å². The molecule has 0 aromatic heterocycles. The lowest BCUT2D eigenvalue weighted by molar-refractivity contribution is -0.128. The fourth-order valence-corrected chi connectivity index (χ4v) is 2.15. The number of rotatable bonds is 3. The maximum Gasteiger partial charge on any atom is 0.223 e. The Morgan fingerprint density at radius 2 is 2.19 bits per heavy atom. The van der Waals surface area contributed by atoms with E-state index in [1.54, 1.807) is 23.1 Å². The van der Waals surface area contributed by atoms with Crippen LogP contribution in [0.25, 0.3) is 0 Å². The van der Waals surface area contributed by atoms with E-state index in [-0.39, 0.29) is 17.6 Å². The van der Waals surface area contributed by atoms with Crippen LogP contribution >= 0.6 is 11.6 Å².